The molecule has 0 fully saturated rings. The van der Waals surface area contributed by atoms with Crippen molar-refractivity contribution in [2.24, 2.45) is 0 Å². The Kier molecular flexibility index (Phi) is 2.75. The highest BCUT2D eigenvalue weighted by molar-refractivity contribution is 5.93. The molecule has 0 aromatic heterocycles. The second kappa shape index (κ2) is 4.08. The van der Waals surface area contributed by atoms with Gasteiger partial charge in [0.05, 0.1) is 12.1 Å². The fourth-order valence-corrected chi connectivity index (χ4v) is 2.20. The van der Waals surface area contributed by atoms with E-state index in [9.17, 15) is 9.59 Å². The van der Waals surface area contributed by atoms with Crippen molar-refractivity contribution in [3.05, 3.63) is 35.7 Å². The van der Waals surface area contributed by atoms with Crippen LogP contribution in [0.25, 0.3) is 0 Å². The van der Waals surface area contributed by atoms with E-state index in [1.165, 1.54) is 0 Å². The average Bonchev–Trinajstić information content (AvgIpc) is 2.49. The highest BCUT2D eigenvalue weighted by Gasteiger charge is 2.33. The summed E-state index contributed by atoms with van der Waals surface area (Å²) in [7, 11) is 3.75. The van der Waals surface area contributed by atoms with Crippen molar-refractivity contribution in [2.45, 2.75) is 12.6 Å². The van der Waals surface area contributed by atoms with E-state index >= 15 is 0 Å². The van der Waals surface area contributed by atoms with E-state index in [4.69, 9.17) is 5.11 Å². The molecule has 90 valence electrons. The van der Waals surface area contributed by atoms with E-state index in [-0.39, 0.29) is 11.9 Å². The Morgan fingerprint density at radius 2 is 2.12 bits per heavy atom. The van der Waals surface area contributed by atoms with E-state index in [1.807, 2.05) is 23.9 Å². The standard InChI is InChI=1S/C12H14N2O3/c1-13-9-4-3-8(15)7-10(9)14(2)11(13)5-6-12(16)17/h3-6,11H,7H2,1-2H3,(H,16,17). The fraction of sp³-hybridized carbons (Fsp3) is 0.333. The number of likely N-dealkylation sites (N-methyl/N-ethyl adjacent to an activating group) is 2. The van der Waals surface area contributed by atoms with Crippen LogP contribution in [0.15, 0.2) is 35.7 Å². The Bertz CT molecular complexity index is 462. The van der Waals surface area contributed by atoms with Crippen LogP contribution < -0.4 is 0 Å². The molecular weight excluding hydrogens is 220 g/mol. The molecule has 0 aromatic carbocycles. The lowest BCUT2D eigenvalue weighted by Crippen LogP contribution is -2.34. The molecule has 1 unspecified atom stereocenters. The van der Waals surface area contributed by atoms with Crippen molar-refractivity contribution in [2.75, 3.05) is 14.1 Å². The number of hydrogen-bond donors (Lipinski definition) is 1. The summed E-state index contributed by atoms with van der Waals surface area (Å²) in [6.07, 6.45) is 6.32. The van der Waals surface area contributed by atoms with Gasteiger partial charge in [0.2, 0.25) is 0 Å². The van der Waals surface area contributed by atoms with E-state index in [1.54, 1.807) is 18.2 Å². The molecule has 1 aliphatic heterocycles. The predicted octanol–water partition coefficient (Wildman–Crippen LogP) is 0.571. The van der Waals surface area contributed by atoms with Gasteiger partial charge in [-0.25, -0.2) is 4.79 Å². The van der Waals surface area contributed by atoms with Gasteiger partial charge in [0.25, 0.3) is 0 Å². The maximum atomic E-state index is 11.4. The first-order valence-electron chi connectivity index (χ1n) is 5.31. The molecule has 1 N–H and O–H groups in total. The number of rotatable bonds is 2. The van der Waals surface area contributed by atoms with E-state index < -0.39 is 5.97 Å². The van der Waals surface area contributed by atoms with Gasteiger partial charge in [0.15, 0.2) is 5.78 Å². The van der Waals surface area contributed by atoms with Gasteiger partial charge in [-0.1, -0.05) is 0 Å². The van der Waals surface area contributed by atoms with Crippen molar-refractivity contribution in [3.8, 4) is 0 Å². The first-order chi connectivity index (χ1) is 8.00. The summed E-state index contributed by atoms with van der Waals surface area (Å²) in [4.78, 5) is 25.8. The molecule has 2 aliphatic rings. The molecule has 0 bridgehead atoms. The third-order valence-corrected chi connectivity index (χ3v) is 3.07. The third kappa shape index (κ3) is 1.95. The fourth-order valence-electron chi connectivity index (χ4n) is 2.20. The maximum absolute atomic E-state index is 11.4. The molecule has 0 saturated carbocycles. The summed E-state index contributed by atoms with van der Waals surface area (Å²) in [6, 6.07) is 0. The lowest BCUT2D eigenvalue weighted by molar-refractivity contribution is -0.131. The maximum Gasteiger partial charge on any atom is 0.328 e. The van der Waals surface area contributed by atoms with Crippen LogP contribution in [-0.4, -0.2) is 46.9 Å². The van der Waals surface area contributed by atoms with Gasteiger partial charge in [-0.05, 0) is 18.2 Å². The number of aliphatic carboxylic acids is 1. The molecule has 0 amide bonds. The zero-order valence-electron chi connectivity index (χ0n) is 9.75. The Hall–Kier alpha value is -2.04. The number of hydrogen-bond acceptors (Lipinski definition) is 4. The van der Waals surface area contributed by atoms with Crippen molar-refractivity contribution < 1.29 is 14.7 Å². The molecule has 1 atom stereocenters. The Morgan fingerprint density at radius 3 is 2.76 bits per heavy atom. The van der Waals surface area contributed by atoms with Gasteiger partial charge < -0.3 is 14.9 Å². The van der Waals surface area contributed by atoms with Gasteiger partial charge in [-0.3, -0.25) is 4.79 Å². The quantitative estimate of drug-likeness (QED) is 0.708. The number of carbonyl (C=O) groups excluding carboxylic acids is 1. The number of ketones is 1. The van der Waals surface area contributed by atoms with Crippen LogP contribution in [0, 0.1) is 0 Å². The van der Waals surface area contributed by atoms with Crippen molar-refractivity contribution in [1.82, 2.24) is 9.80 Å². The van der Waals surface area contributed by atoms with E-state index in [2.05, 4.69) is 0 Å². The minimum Gasteiger partial charge on any atom is -0.478 e. The van der Waals surface area contributed by atoms with Crippen molar-refractivity contribution >= 4 is 11.8 Å². The normalized spacial score (nSPS) is 23.9. The molecule has 0 radical (unpaired) electrons. The first kappa shape index (κ1) is 11.4. The number of allylic oxidation sites excluding steroid dienone is 3. The Labute approximate surface area is 99.3 Å². The predicted molar refractivity (Wildman–Crippen MR) is 61.9 cm³/mol. The molecule has 17 heavy (non-hydrogen) atoms. The highest BCUT2D eigenvalue weighted by atomic mass is 16.4. The minimum absolute atomic E-state index is 0.0758. The number of nitrogens with zero attached hydrogens (tertiary/aromatic N) is 2. The Morgan fingerprint density at radius 1 is 1.41 bits per heavy atom. The molecule has 0 aromatic rings. The van der Waals surface area contributed by atoms with Gasteiger partial charge in [0.1, 0.15) is 6.17 Å². The molecule has 0 spiro atoms. The van der Waals surface area contributed by atoms with Crippen LogP contribution in [-0.2, 0) is 9.59 Å². The summed E-state index contributed by atoms with van der Waals surface area (Å²) in [5, 5.41) is 8.64. The zero-order valence-corrected chi connectivity index (χ0v) is 9.75. The molecule has 1 heterocycles. The van der Waals surface area contributed by atoms with Crippen LogP contribution in [0.1, 0.15) is 6.42 Å². The van der Waals surface area contributed by atoms with E-state index in [0.717, 1.165) is 17.5 Å². The number of carboxylic acid groups (broad SMARTS) is 1. The number of carboxylic acids is 1. The molecule has 2 rings (SSSR count). The van der Waals surface area contributed by atoms with Crippen LogP contribution in [0.5, 0.6) is 0 Å². The first-order valence-corrected chi connectivity index (χ1v) is 5.31. The molecule has 5 nitrogen and oxygen atoms in total. The third-order valence-electron chi connectivity index (χ3n) is 3.07. The highest BCUT2D eigenvalue weighted by Crippen LogP contribution is 2.32. The summed E-state index contributed by atoms with van der Waals surface area (Å²) in [6.45, 7) is 0. The van der Waals surface area contributed by atoms with Crippen molar-refractivity contribution in [1.29, 1.82) is 0 Å². The van der Waals surface area contributed by atoms with Crippen LogP contribution in [0.3, 0.4) is 0 Å². The summed E-state index contributed by atoms with van der Waals surface area (Å²) >= 11 is 0. The lowest BCUT2D eigenvalue weighted by atomic mass is 10.1. The SMILES string of the molecule is CN1C2=C(CC(=O)C=C2)N(C)C1C=CC(=O)O. The largest absolute Gasteiger partial charge is 0.478 e. The molecule has 0 saturated heterocycles. The van der Waals surface area contributed by atoms with Crippen LogP contribution >= 0.6 is 0 Å². The topological polar surface area (TPSA) is 60.9 Å². The van der Waals surface area contributed by atoms with E-state index in [0.29, 0.717) is 6.42 Å². The van der Waals surface area contributed by atoms with Gasteiger partial charge in [-0.2, -0.15) is 0 Å². The summed E-state index contributed by atoms with van der Waals surface area (Å²) in [5.74, 6) is -0.893. The second-order valence-electron chi connectivity index (χ2n) is 4.14. The zero-order chi connectivity index (χ0) is 12.6. The summed E-state index contributed by atoms with van der Waals surface area (Å²) in [5.41, 5.74) is 1.92. The molecular formula is C12H14N2O3. The number of carbonyl (C=O) groups is 2. The van der Waals surface area contributed by atoms with Gasteiger partial charge in [0, 0.05) is 25.9 Å². The molecule has 5 heteroatoms. The lowest BCUT2D eigenvalue weighted by Gasteiger charge is -2.26. The molecule has 1 aliphatic carbocycles. The monoisotopic (exact) mass is 234 g/mol. The summed E-state index contributed by atoms with van der Waals surface area (Å²) < 4.78 is 0. The minimum atomic E-state index is -0.969. The van der Waals surface area contributed by atoms with Gasteiger partial charge in [-0.15, -0.1) is 0 Å². The average molecular weight is 234 g/mol. The smallest absolute Gasteiger partial charge is 0.328 e. The van der Waals surface area contributed by atoms with Crippen LogP contribution in [0.2, 0.25) is 0 Å². The van der Waals surface area contributed by atoms with Crippen molar-refractivity contribution in [3.63, 3.8) is 0 Å². The van der Waals surface area contributed by atoms with Crippen LogP contribution in [0.4, 0.5) is 0 Å². The second-order valence-corrected chi connectivity index (χ2v) is 4.14. The Balaban J connectivity index is 2.25. The van der Waals surface area contributed by atoms with Gasteiger partial charge >= 0.3 is 5.97 Å².